The van der Waals surface area contributed by atoms with Gasteiger partial charge in [0.25, 0.3) is 0 Å². The lowest BCUT2D eigenvalue weighted by molar-refractivity contribution is -0.150. The highest BCUT2D eigenvalue weighted by Crippen LogP contribution is 2.43. The van der Waals surface area contributed by atoms with Crippen LogP contribution in [0.15, 0.2) is 89.6 Å². The molecule has 2 aromatic carbocycles. The van der Waals surface area contributed by atoms with Gasteiger partial charge in [0.05, 0.1) is 24.4 Å². The average molecular weight is 489 g/mol. The van der Waals surface area contributed by atoms with Crippen LogP contribution < -0.4 is 0 Å². The number of allylic oxidation sites excluding steroid dienone is 1. The summed E-state index contributed by atoms with van der Waals surface area (Å²) < 4.78 is 11.1. The quantitative estimate of drug-likeness (QED) is 0.310. The molecule has 3 unspecified atom stereocenters. The van der Waals surface area contributed by atoms with Crippen molar-refractivity contribution in [2.24, 2.45) is 5.92 Å². The lowest BCUT2D eigenvalue weighted by atomic mass is 9.85. The van der Waals surface area contributed by atoms with Crippen LogP contribution in [0.2, 0.25) is 0 Å². The molecule has 7 nitrogen and oxygen atoms in total. The largest absolute Gasteiger partial charge is 0.481 e. The minimum absolute atomic E-state index is 0.168. The molecule has 0 saturated heterocycles. The maximum absolute atomic E-state index is 13.2. The molecule has 2 N–H and O–H groups in total. The summed E-state index contributed by atoms with van der Waals surface area (Å²) in [5.74, 6) is -2.03. The summed E-state index contributed by atoms with van der Waals surface area (Å²) >= 11 is 0. The van der Waals surface area contributed by atoms with Gasteiger partial charge in [0.1, 0.15) is 5.76 Å². The molecule has 7 heteroatoms. The van der Waals surface area contributed by atoms with E-state index in [9.17, 15) is 24.6 Å². The number of hydrogen-bond acceptors (Lipinski definition) is 6. The van der Waals surface area contributed by atoms with Crippen molar-refractivity contribution in [1.29, 1.82) is 0 Å². The summed E-state index contributed by atoms with van der Waals surface area (Å²) in [6, 6.07) is 19.9. The summed E-state index contributed by atoms with van der Waals surface area (Å²) in [5.41, 5.74) is 0.297. The lowest BCUT2D eigenvalue weighted by Gasteiger charge is -2.35. The molecule has 0 bridgehead atoms. The molecule has 0 radical (unpaired) electrons. The molecular weight excluding hydrogens is 460 g/mol. The van der Waals surface area contributed by atoms with Crippen molar-refractivity contribution in [3.63, 3.8) is 0 Å². The summed E-state index contributed by atoms with van der Waals surface area (Å²) in [6.07, 6.45) is 4.03. The number of aliphatic hydroxyl groups is 1. The van der Waals surface area contributed by atoms with E-state index in [-0.39, 0.29) is 24.2 Å². The maximum atomic E-state index is 13.2. The van der Waals surface area contributed by atoms with E-state index >= 15 is 0 Å². The molecule has 3 atom stereocenters. The Morgan fingerprint density at radius 3 is 2.50 bits per heavy atom. The van der Waals surface area contributed by atoms with E-state index in [1.54, 1.807) is 42.7 Å². The number of rotatable bonds is 10. The smallest absolute Gasteiger partial charge is 0.338 e. The Labute approximate surface area is 209 Å². The summed E-state index contributed by atoms with van der Waals surface area (Å²) in [6.45, 7) is 0. The van der Waals surface area contributed by atoms with Crippen LogP contribution in [0.3, 0.4) is 0 Å². The number of ether oxygens (including phenoxy) is 1. The van der Waals surface area contributed by atoms with E-state index < -0.39 is 36.0 Å². The second kappa shape index (κ2) is 11.2. The van der Waals surface area contributed by atoms with Crippen LogP contribution in [0.25, 0.3) is 11.1 Å². The van der Waals surface area contributed by atoms with E-state index in [4.69, 9.17) is 9.15 Å². The first kappa shape index (κ1) is 25.1. The van der Waals surface area contributed by atoms with Crippen LogP contribution in [0.1, 0.15) is 41.8 Å². The molecule has 1 saturated carbocycles. The zero-order valence-corrected chi connectivity index (χ0v) is 19.7. The van der Waals surface area contributed by atoms with Gasteiger partial charge in [-0.1, -0.05) is 48.5 Å². The minimum Gasteiger partial charge on any atom is -0.481 e. The summed E-state index contributed by atoms with van der Waals surface area (Å²) in [4.78, 5) is 37.4. The number of hydrogen-bond donors (Lipinski definition) is 2. The molecule has 186 valence electrons. The zero-order valence-electron chi connectivity index (χ0n) is 19.7. The number of ketones is 1. The maximum Gasteiger partial charge on any atom is 0.338 e. The predicted molar refractivity (Wildman–Crippen MR) is 132 cm³/mol. The Bertz CT molecular complexity index is 1230. The van der Waals surface area contributed by atoms with Crippen molar-refractivity contribution in [3.05, 3.63) is 96.5 Å². The van der Waals surface area contributed by atoms with E-state index in [1.165, 1.54) is 6.08 Å². The highest BCUT2D eigenvalue weighted by Gasteiger charge is 2.53. The van der Waals surface area contributed by atoms with Gasteiger partial charge >= 0.3 is 11.9 Å². The van der Waals surface area contributed by atoms with Crippen LogP contribution in [0, 0.1) is 5.92 Å². The molecule has 4 rings (SSSR count). The van der Waals surface area contributed by atoms with Crippen molar-refractivity contribution in [2.75, 3.05) is 0 Å². The van der Waals surface area contributed by atoms with Gasteiger partial charge in [-0.15, -0.1) is 0 Å². The number of benzene rings is 2. The van der Waals surface area contributed by atoms with Crippen molar-refractivity contribution >= 4 is 17.7 Å². The molecule has 1 aliphatic carbocycles. The molecule has 36 heavy (non-hydrogen) atoms. The second-order valence-corrected chi connectivity index (χ2v) is 8.97. The zero-order chi connectivity index (χ0) is 25.5. The monoisotopic (exact) mass is 488 g/mol. The number of aryl methyl sites for hydroxylation is 1. The third kappa shape index (κ3) is 5.80. The fourth-order valence-corrected chi connectivity index (χ4v) is 4.69. The number of aliphatic carboxylic acids is 1. The molecule has 0 amide bonds. The first-order chi connectivity index (χ1) is 17.4. The molecule has 1 aliphatic rings. The molecule has 1 aromatic heterocycles. The van der Waals surface area contributed by atoms with Crippen LogP contribution in [-0.4, -0.2) is 39.6 Å². The number of carboxylic acid groups (broad SMARTS) is 1. The molecular formula is C29H28O7. The summed E-state index contributed by atoms with van der Waals surface area (Å²) in [7, 11) is 0. The average Bonchev–Trinajstić information content (AvgIpc) is 3.50. The number of carbonyl (C=O) groups is 3. The van der Waals surface area contributed by atoms with Crippen LogP contribution in [0.5, 0.6) is 0 Å². The van der Waals surface area contributed by atoms with E-state index in [2.05, 4.69) is 0 Å². The van der Waals surface area contributed by atoms with Gasteiger partial charge in [0.2, 0.25) is 0 Å². The Balaban J connectivity index is 1.54. The first-order valence-electron chi connectivity index (χ1n) is 11.9. The normalized spacial score (nSPS) is 21.5. The Morgan fingerprint density at radius 1 is 1.00 bits per heavy atom. The molecule has 0 aliphatic heterocycles. The van der Waals surface area contributed by atoms with E-state index in [0.717, 1.165) is 11.1 Å². The van der Waals surface area contributed by atoms with Gasteiger partial charge in [-0.3, -0.25) is 9.59 Å². The van der Waals surface area contributed by atoms with E-state index in [1.807, 2.05) is 36.4 Å². The van der Waals surface area contributed by atoms with Gasteiger partial charge in [0, 0.05) is 18.8 Å². The molecule has 1 fully saturated rings. The van der Waals surface area contributed by atoms with Gasteiger partial charge in [-0.05, 0) is 54.3 Å². The number of carboxylic acids is 1. The third-order valence-electron chi connectivity index (χ3n) is 6.57. The third-order valence-corrected chi connectivity index (χ3v) is 6.57. The van der Waals surface area contributed by atoms with Gasteiger partial charge in [0.15, 0.2) is 11.4 Å². The fourth-order valence-electron chi connectivity index (χ4n) is 4.69. The van der Waals surface area contributed by atoms with Crippen molar-refractivity contribution < 1.29 is 33.8 Å². The lowest BCUT2D eigenvalue weighted by Crippen LogP contribution is -2.48. The highest BCUT2D eigenvalue weighted by atomic mass is 16.6. The van der Waals surface area contributed by atoms with E-state index in [0.29, 0.717) is 18.6 Å². The minimum atomic E-state index is -1.68. The van der Waals surface area contributed by atoms with Crippen LogP contribution in [-0.2, 0) is 20.7 Å². The molecule has 1 heterocycles. The number of aliphatic hydroxyl groups excluding tert-OH is 1. The Kier molecular flexibility index (Phi) is 7.80. The highest BCUT2D eigenvalue weighted by molar-refractivity contribution is 5.92. The molecule has 0 spiro atoms. The first-order valence-corrected chi connectivity index (χ1v) is 11.9. The number of furan rings is 1. The van der Waals surface area contributed by atoms with Crippen molar-refractivity contribution in [3.8, 4) is 11.1 Å². The number of esters is 1. The Morgan fingerprint density at radius 2 is 1.78 bits per heavy atom. The fraction of sp³-hybridized carbons (Fsp3) is 0.276. The second-order valence-electron chi connectivity index (χ2n) is 8.97. The van der Waals surface area contributed by atoms with Crippen molar-refractivity contribution in [1.82, 2.24) is 0 Å². The standard InChI is InChI=1S/C29H28O7/c30-24(14-15-25-10-5-17-35-25)13-11-23-12-16-26(31)29(23,19-27(32)33)36-28(34)22-9-4-8-21(18-22)20-6-2-1-3-7-20/h1-11,13,17-18,23,26,31H,12,14-16,19H2,(H,32,33). The summed E-state index contributed by atoms with van der Waals surface area (Å²) in [5, 5.41) is 20.4. The molecule has 3 aromatic rings. The SMILES string of the molecule is O=C(O)CC1(OC(=O)c2cccc(-c3ccccc3)c2)C(O)CCC1C=CC(=O)CCc1ccco1. The van der Waals surface area contributed by atoms with Gasteiger partial charge < -0.3 is 19.4 Å². The van der Waals surface area contributed by atoms with Crippen LogP contribution >= 0.6 is 0 Å². The number of carbonyl (C=O) groups excluding carboxylic acids is 2. The topological polar surface area (TPSA) is 114 Å². The van der Waals surface area contributed by atoms with Crippen LogP contribution in [0.4, 0.5) is 0 Å². The van der Waals surface area contributed by atoms with Gasteiger partial charge in [-0.25, -0.2) is 4.79 Å². The predicted octanol–water partition coefficient (Wildman–Crippen LogP) is 4.85. The van der Waals surface area contributed by atoms with Crippen molar-refractivity contribution in [2.45, 2.75) is 43.8 Å². The Hall–Kier alpha value is -3.97. The van der Waals surface area contributed by atoms with Gasteiger partial charge in [-0.2, -0.15) is 0 Å².